The summed E-state index contributed by atoms with van der Waals surface area (Å²) in [6.07, 6.45) is 0. The third-order valence-corrected chi connectivity index (χ3v) is 4.10. The second kappa shape index (κ2) is 6.88. The van der Waals surface area contributed by atoms with Crippen molar-refractivity contribution < 1.29 is 9.18 Å². The molecule has 24 heavy (non-hydrogen) atoms. The summed E-state index contributed by atoms with van der Waals surface area (Å²) < 4.78 is 13.2. The van der Waals surface area contributed by atoms with Crippen LogP contribution in [-0.4, -0.2) is 16.7 Å². The van der Waals surface area contributed by atoms with Crippen LogP contribution >= 0.6 is 12.2 Å². The maximum atomic E-state index is 13.2. The second-order valence-corrected chi connectivity index (χ2v) is 5.95. The molecule has 1 amide bonds. The SMILES string of the molecule is CC1=NC(=S)NC(c2ccc(F)cc2)C1C(=O)Nc1ccccc1. The highest BCUT2D eigenvalue weighted by Crippen LogP contribution is 2.28. The molecule has 0 bridgehead atoms. The minimum atomic E-state index is -0.539. The van der Waals surface area contributed by atoms with E-state index in [0.717, 1.165) is 5.56 Å². The largest absolute Gasteiger partial charge is 0.353 e. The van der Waals surface area contributed by atoms with E-state index in [2.05, 4.69) is 15.6 Å². The normalized spacial score (nSPS) is 20.1. The molecule has 0 radical (unpaired) electrons. The molecular weight excluding hydrogens is 325 g/mol. The van der Waals surface area contributed by atoms with Crippen LogP contribution in [0.1, 0.15) is 18.5 Å². The van der Waals surface area contributed by atoms with Gasteiger partial charge in [0, 0.05) is 11.4 Å². The van der Waals surface area contributed by atoms with E-state index in [1.165, 1.54) is 12.1 Å². The van der Waals surface area contributed by atoms with Crippen LogP contribution in [-0.2, 0) is 4.79 Å². The first-order valence-electron chi connectivity index (χ1n) is 7.51. The molecule has 0 spiro atoms. The molecule has 2 N–H and O–H groups in total. The van der Waals surface area contributed by atoms with Crippen LogP contribution < -0.4 is 10.6 Å². The molecule has 1 aliphatic heterocycles. The Morgan fingerprint density at radius 3 is 2.50 bits per heavy atom. The first-order valence-corrected chi connectivity index (χ1v) is 7.92. The van der Waals surface area contributed by atoms with Crippen molar-refractivity contribution in [1.29, 1.82) is 0 Å². The number of aliphatic imine (C=N–C) groups is 1. The lowest BCUT2D eigenvalue weighted by molar-refractivity contribution is -0.118. The monoisotopic (exact) mass is 341 g/mol. The van der Waals surface area contributed by atoms with Gasteiger partial charge in [-0.3, -0.25) is 4.79 Å². The van der Waals surface area contributed by atoms with Gasteiger partial charge in [-0.15, -0.1) is 0 Å². The van der Waals surface area contributed by atoms with E-state index in [-0.39, 0.29) is 17.8 Å². The molecule has 6 heteroatoms. The number of thiocarbonyl (C=S) groups is 1. The number of hydrogen-bond acceptors (Lipinski definition) is 2. The lowest BCUT2D eigenvalue weighted by Crippen LogP contribution is -2.45. The van der Waals surface area contributed by atoms with Crippen molar-refractivity contribution in [3.8, 4) is 0 Å². The minimum Gasteiger partial charge on any atom is -0.353 e. The van der Waals surface area contributed by atoms with Gasteiger partial charge >= 0.3 is 0 Å². The molecular formula is C18H16FN3OS. The number of carbonyl (C=O) groups is 1. The van der Waals surface area contributed by atoms with E-state index in [1.807, 2.05) is 30.3 Å². The van der Waals surface area contributed by atoms with E-state index >= 15 is 0 Å². The van der Waals surface area contributed by atoms with Gasteiger partial charge in [0.1, 0.15) is 11.7 Å². The number of carbonyl (C=O) groups excluding carboxylic acids is 1. The van der Waals surface area contributed by atoms with Crippen LogP contribution in [0.25, 0.3) is 0 Å². The quantitative estimate of drug-likeness (QED) is 0.841. The van der Waals surface area contributed by atoms with Gasteiger partial charge in [-0.2, -0.15) is 0 Å². The highest BCUT2D eigenvalue weighted by atomic mass is 32.1. The zero-order valence-electron chi connectivity index (χ0n) is 13.0. The maximum absolute atomic E-state index is 13.2. The molecule has 0 aromatic heterocycles. The number of nitrogens with one attached hydrogen (secondary N) is 2. The number of anilines is 1. The zero-order chi connectivity index (χ0) is 17.1. The van der Waals surface area contributed by atoms with E-state index in [0.29, 0.717) is 16.5 Å². The van der Waals surface area contributed by atoms with Gasteiger partial charge in [-0.25, -0.2) is 9.38 Å². The Hall–Kier alpha value is -2.60. The van der Waals surface area contributed by atoms with Crippen LogP contribution in [0.4, 0.5) is 10.1 Å². The van der Waals surface area contributed by atoms with Gasteiger partial charge < -0.3 is 10.6 Å². The minimum absolute atomic E-state index is 0.188. The summed E-state index contributed by atoms with van der Waals surface area (Å²) in [7, 11) is 0. The molecule has 0 aliphatic carbocycles. The zero-order valence-corrected chi connectivity index (χ0v) is 13.8. The number of rotatable bonds is 3. The number of amides is 1. The Labute approximate surface area is 144 Å². The molecule has 1 aliphatic rings. The smallest absolute Gasteiger partial charge is 0.235 e. The molecule has 122 valence electrons. The standard InChI is InChI=1S/C18H16FN3OS/c1-11-15(17(23)21-14-5-3-2-4-6-14)16(22-18(24)20-11)12-7-9-13(19)10-8-12/h2-10,15-16H,1H3,(H,21,23)(H,22,24). The molecule has 4 nitrogen and oxygen atoms in total. The third-order valence-electron chi connectivity index (χ3n) is 3.89. The fraction of sp³-hybridized carbons (Fsp3) is 0.167. The number of halogens is 1. The molecule has 0 saturated heterocycles. The molecule has 0 fully saturated rings. The molecule has 2 aromatic rings. The van der Waals surface area contributed by atoms with E-state index in [1.54, 1.807) is 19.1 Å². The van der Waals surface area contributed by atoms with Crippen molar-refractivity contribution in [3.05, 3.63) is 66.0 Å². The van der Waals surface area contributed by atoms with E-state index in [9.17, 15) is 9.18 Å². The van der Waals surface area contributed by atoms with Crippen molar-refractivity contribution in [3.63, 3.8) is 0 Å². The van der Waals surface area contributed by atoms with Crippen molar-refractivity contribution in [2.24, 2.45) is 10.9 Å². The van der Waals surface area contributed by atoms with Crippen LogP contribution in [0.15, 0.2) is 59.6 Å². The Morgan fingerprint density at radius 2 is 1.83 bits per heavy atom. The second-order valence-electron chi connectivity index (χ2n) is 5.56. The Morgan fingerprint density at radius 1 is 1.17 bits per heavy atom. The summed E-state index contributed by atoms with van der Waals surface area (Å²) in [4.78, 5) is 17.0. The first kappa shape index (κ1) is 16.3. The Bertz CT molecular complexity index is 790. The van der Waals surface area contributed by atoms with Gasteiger partial charge in [-0.05, 0) is 49.0 Å². The van der Waals surface area contributed by atoms with Crippen molar-refractivity contribution in [2.75, 3.05) is 5.32 Å². The van der Waals surface area contributed by atoms with E-state index < -0.39 is 5.92 Å². The Kier molecular flexibility index (Phi) is 4.66. The lowest BCUT2D eigenvalue weighted by Gasteiger charge is -2.31. The summed E-state index contributed by atoms with van der Waals surface area (Å²) >= 11 is 5.15. The first-order chi connectivity index (χ1) is 11.5. The highest BCUT2D eigenvalue weighted by molar-refractivity contribution is 7.80. The topological polar surface area (TPSA) is 53.5 Å². The van der Waals surface area contributed by atoms with Gasteiger partial charge in [0.05, 0.1) is 6.04 Å². The summed E-state index contributed by atoms with van der Waals surface area (Å²) in [5.41, 5.74) is 2.11. The summed E-state index contributed by atoms with van der Waals surface area (Å²) in [6.45, 7) is 1.78. The number of hydrogen-bond donors (Lipinski definition) is 2. The molecule has 2 atom stereocenters. The molecule has 1 heterocycles. The van der Waals surface area contributed by atoms with Gasteiger partial charge in [0.25, 0.3) is 0 Å². The highest BCUT2D eigenvalue weighted by Gasteiger charge is 2.35. The van der Waals surface area contributed by atoms with E-state index in [4.69, 9.17) is 12.2 Å². The third kappa shape index (κ3) is 3.49. The fourth-order valence-electron chi connectivity index (χ4n) is 2.75. The molecule has 2 aromatic carbocycles. The van der Waals surface area contributed by atoms with Crippen LogP contribution in [0.5, 0.6) is 0 Å². The number of benzene rings is 2. The number of nitrogens with zero attached hydrogens (tertiary/aromatic N) is 1. The van der Waals surface area contributed by atoms with Gasteiger partial charge in [0.2, 0.25) is 5.91 Å². The lowest BCUT2D eigenvalue weighted by atomic mass is 9.87. The van der Waals surface area contributed by atoms with Crippen molar-refractivity contribution in [2.45, 2.75) is 13.0 Å². The average Bonchev–Trinajstić information content (AvgIpc) is 2.55. The van der Waals surface area contributed by atoms with Crippen LogP contribution in [0, 0.1) is 11.7 Å². The van der Waals surface area contributed by atoms with Crippen LogP contribution in [0.3, 0.4) is 0 Å². The van der Waals surface area contributed by atoms with Crippen LogP contribution in [0.2, 0.25) is 0 Å². The summed E-state index contributed by atoms with van der Waals surface area (Å²) in [5, 5.41) is 6.28. The van der Waals surface area contributed by atoms with Crippen molar-refractivity contribution in [1.82, 2.24) is 5.32 Å². The van der Waals surface area contributed by atoms with Gasteiger partial charge in [-0.1, -0.05) is 30.3 Å². The average molecular weight is 341 g/mol. The fourth-order valence-corrected chi connectivity index (χ4v) is 3.02. The summed E-state index contributed by atoms with van der Waals surface area (Å²) in [5.74, 6) is -1.05. The predicted molar refractivity (Wildman–Crippen MR) is 96.5 cm³/mol. The maximum Gasteiger partial charge on any atom is 0.235 e. The molecule has 2 unspecified atom stereocenters. The number of para-hydroxylation sites is 1. The Balaban J connectivity index is 1.91. The predicted octanol–water partition coefficient (Wildman–Crippen LogP) is 3.47. The van der Waals surface area contributed by atoms with Crippen molar-refractivity contribution >= 4 is 34.6 Å². The molecule has 0 saturated carbocycles. The molecule has 3 rings (SSSR count). The van der Waals surface area contributed by atoms with Gasteiger partial charge in [0.15, 0.2) is 5.11 Å². The summed E-state index contributed by atoms with van der Waals surface area (Å²) in [6, 6.07) is 14.9.